The number of nitrogens with one attached hydrogen (secondary N) is 3. The molecule has 2 aliphatic heterocycles. The molecule has 2 fully saturated rings. The van der Waals surface area contributed by atoms with Crippen molar-refractivity contribution >= 4 is 17.1 Å². The smallest absolute Gasteiger partial charge is 0.326 e. The average Bonchev–Trinajstić information content (AvgIpc) is 3.51. The summed E-state index contributed by atoms with van der Waals surface area (Å²) in [6.45, 7) is 7.57. The Morgan fingerprint density at radius 2 is 1.61 bits per heavy atom. The van der Waals surface area contributed by atoms with Gasteiger partial charge in [0.1, 0.15) is 0 Å². The van der Waals surface area contributed by atoms with E-state index in [4.69, 9.17) is 9.47 Å². The van der Waals surface area contributed by atoms with Crippen LogP contribution < -0.4 is 16.3 Å². The number of aliphatic hydroxyl groups is 1. The first-order chi connectivity index (χ1) is 24.9. The molecule has 266 valence electrons. The lowest BCUT2D eigenvalue weighted by Gasteiger charge is -2.44. The van der Waals surface area contributed by atoms with Crippen molar-refractivity contribution in [2.45, 2.75) is 64.4 Å². The first-order valence-corrected chi connectivity index (χ1v) is 18.0. The van der Waals surface area contributed by atoms with E-state index in [0.717, 1.165) is 76.9 Å². The van der Waals surface area contributed by atoms with E-state index < -0.39 is 6.29 Å². The van der Waals surface area contributed by atoms with Gasteiger partial charge in [0.25, 0.3) is 0 Å². The number of urea groups is 1. The number of fused-ring (bicyclic) bond motifs is 1. The maximum absolute atomic E-state index is 12.9. The lowest BCUT2D eigenvalue weighted by molar-refractivity contribution is -0.276. The fourth-order valence-corrected chi connectivity index (χ4v) is 7.51. The Bertz CT molecular complexity index is 2000. The van der Waals surface area contributed by atoms with E-state index in [1.165, 1.54) is 0 Å². The number of ether oxygens (including phenoxy) is 2. The largest absolute Gasteiger partial charge is 0.392 e. The van der Waals surface area contributed by atoms with Gasteiger partial charge in [-0.15, -0.1) is 0 Å². The summed E-state index contributed by atoms with van der Waals surface area (Å²) in [4.78, 5) is 30.3. The van der Waals surface area contributed by atoms with Gasteiger partial charge in [-0.25, -0.2) is 9.59 Å². The zero-order chi connectivity index (χ0) is 35.3. The van der Waals surface area contributed by atoms with Crippen molar-refractivity contribution in [3.8, 4) is 11.1 Å². The molecular weight excluding hydrogens is 642 g/mol. The highest BCUT2D eigenvalue weighted by atomic mass is 16.7. The van der Waals surface area contributed by atoms with Crippen molar-refractivity contribution in [2.75, 3.05) is 26.2 Å². The molecule has 5 aromatic rings. The summed E-state index contributed by atoms with van der Waals surface area (Å²) < 4.78 is 15.6. The lowest BCUT2D eigenvalue weighted by atomic mass is 9.89. The van der Waals surface area contributed by atoms with Gasteiger partial charge >= 0.3 is 11.7 Å². The van der Waals surface area contributed by atoms with Crippen LogP contribution in [0.3, 0.4) is 0 Å². The molecule has 0 radical (unpaired) electrons. The van der Waals surface area contributed by atoms with Gasteiger partial charge in [-0.05, 0) is 71.8 Å². The predicted octanol–water partition coefficient (Wildman–Crippen LogP) is 6.44. The predicted molar refractivity (Wildman–Crippen MR) is 198 cm³/mol. The number of nitrogens with zero attached hydrogens (tertiary/aromatic N) is 2. The minimum atomic E-state index is -0.585. The summed E-state index contributed by atoms with van der Waals surface area (Å²) in [6, 6.07) is 32.4. The van der Waals surface area contributed by atoms with Gasteiger partial charge in [-0.2, -0.15) is 0 Å². The van der Waals surface area contributed by atoms with Crippen LogP contribution in [0.2, 0.25) is 0 Å². The number of para-hydroxylation sites is 2. The van der Waals surface area contributed by atoms with E-state index in [0.29, 0.717) is 13.1 Å². The minimum Gasteiger partial charge on any atom is -0.392 e. The molecule has 0 saturated carbocycles. The summed E-state index contributed by atoms with van der Waals surface area (Å²) in [6.07, 6.45) is 0.865. The molecule has 2 aliphatic rings. The number of benzene rings is 4. The number of aliphatic hydroxyl groups excluding tert-OH is 1. The molecule has 51 heavy (non-hydrogen) atoms. The van der Waals surface area contributed by atoms with Crippen LogP contribution in [0.15, 0.2) is 102 Å². The molecule has 4 aromatic carbocycles. The maximum atomic E-state index is 12.9. The molecule has 1 aromatic heterocycles. The molecule has 4 atom stereocenters. The van der Waals surface area contributed by atoms with Crippen LogP contribution in [0, 0.1) is 5.92 Å². The summed E-state index contributed by atoms with van der Waals surface area (Å²) in [5.41, 5.74) is 7.73. The molecular formula is C41H47N5O5. The van der Waals surface area contributed by atoms with Crippen LogP contribution in [-0.4, -0.2) is 57.9 Å². The van der Waals surface area contributed by atoms with Crippen LogP contribution in [0.1, 0.15) is 67.4 Å². The van der Waals surface area contributed by atoms with E-state index in [1.807, 2.05) is 78.2 Å². The Morgan fingerprint density at radius 1 is 0.863 bits per heavy atom. The zero-order valence-electron chi connectivity index (χ0n) is 29.3. The molecule has 10 nitrogen and oxygen atoms in total. The number of aromatic amines is 1. The van der Waals surface area contributed by atoms with Crippen molar-refractivity contribution in [1.82, 2.24) is 25.1 Å². The number of likely N-dealkylation sites (tertiary alicyclic amines) is 1. The standard InChI is InChI=1S/C41H47N5O5/c1-3-42-40(48)43-24-29-8-6-9-31(22-29)32-10-7-11-33(23-32)39-50-37(27(2)38(51-39)30-16-14-28(26-47)15-17-30)25-45-20-18-34(19-21-45)46-36-13-5-4-12-35(36)44-41(46)49/h4-17,22-23,27,34,37-39,47H,3,18-21,24-26H2,1-2H3,(H,44,49)(H2,42,43,48). The number of hydrogen-bond acceptors (Lipinski definition) is 6. The second-order valence-corrected chi connectivity index (χ2v) is 13.7. The number of amides is 2. The van der Waals surface area contributed by atoms with Gasteiger partial charge in [0.2, 0.25) is 0 Å². The zero-order valence-corrected chi connectivity index (χ0v) is 29.3. The van der Waals surface area contributed by atoms with Crippen molar-refractivity contribution in [2.24, 2.45) is 5.92 Å². The molecule has 10 heteroatoms. The Labute approximate surface area is 298 Å². The second-order valence-electron chi connectivity index (χ2n) is 13.7. The summed E-state index contributed by atoms with van der Waals surface area (Å²) in [5, 5.41) is 15.3. The molecule has 4 unspecified atom stereocenters. The molecule has 2 amide bonds. The van der Waals surface area contributed by atoms with Crippen molar-refractivity contribution in [1.29, 1.82) is 0 Å². The summed E-state index contributed by atoms with van der Waals surface area (Å²) in [5.74, 6) is 0.0625. The van der Waals surface area contributed by atoms with E-state index in [9.17, 15) is 14.7 Å². The number of H-pyrrole nitrogens is 1. The highest BCUT2D eigenvalue weighted by Gasteiger charge is 2.39. The Balaban J connectivity index is 1.10. The van der Waals surface area contributed by atoms with E-state index in [-0.39, 0.29) is 42.5 Å². The molecule has 0 spiro atoms. The minimum absolute atomic E-state index is 0.00760. The number of piperidine rings is 1. The molecule has 7 rings (SSSR count). The number of hydrogen-bond donors (Lipinski definition) is 4. The van der Waals surface area contributed by atoms with Gasteiger partial charge in [0, 0.05) is 50.2 Å². The first kappa shape index (κ1) is 34.7. The molecule has 3 heterocycles. The fourth-order valence-electron chi connectivity index (χ4n) is 7.51. The summed E-state index contributed by atoms with van der Waals surface area (Å²) >= 11 is 0. The third-order valence-corrected chi connectivity index (χ3v) is 10.3. The fraction of sp³-hybridized carbons (Fsp3) is 0.366. The topological polar surface area (TPSA) is 121 Å². The third kappa shape index (κ3) is 7.79. The summed E-state index contributed by atoms with van der Waals surface area (Å²) in [7, 11) is 0. The maximum Gasteiger partial charge on any atom is 0.326 e. The van der Waals surface area contributed by atoms with Gasteiger partial charge in [-0.1, -0.05) is 79.7 Å². The third-order valence-electron chi connectivity index (χ3n) is 10.3. The SMILES string of the molecule is CCNC(=O)NCc1cccc(-c2cccc(C3OC(CN4CCC(n5c(=O)[nH]c6ccccc65)CC4)C(C)C(c4ccc(CO)cc4)O3)c2)c1. The molecule has 4 N–H and O–H groups in total. The highest BCUT2D eigenvalue weighted by Crippen LogP contribution is 2.43. The van der Waals surface area contributed by atoms with E-state index in [1.54, 1.807) is 0 Å². The van der Waals surface area contributed by atoms with Crippen LogP contribution in [-0.2, 0) is 22.6 Å². The lowest BCUT2D eigenvalue weighted by Crippen LogP contribution is -2.47. The van der Waals surface area contributed by atoms with Crippen LogP contribution in [0.5, 0.6) is 0 Å². The Kier molecular flexibility index (Phi) is 10.6. The average molecular weight is 690 g/mol. The van der Waals surface area contributed by atoms with Crippen molar-refractivity contribution in [3.63, 3.8) is 0 Å². The number of imidazole rings is 1. The highest BCUT2D eigenvalue weighted by molar-refractivity contribution is 5.75. The Hall–Kier alpha value is -4.74. The van der Waals surface area contributed by atoms with Crippen LogP contribution >= 0.6 is 0 Å². The monoisotopic (exact) mass is 689 g/mol. The van der Waals surface area contributed by atoms with Gasteiger partial charge in [0.15, 0.2) is 6.29 Å². The second kappa shape index (κ2) is 15.7. The van der Waals surface area contributed by atoms with Gasteiger partial charge in [0.05, 0.1) is 29.8 Å². The first-order valence-electron chi connectivity index (χ1n) is 18.0. The van der Waals surface area contributed by atoms with Crippen LogP contribution in [0.4, 0.5) is 4.79 Å². The van der Waals surface area contributed by atoms with E-state index >= 15 is 0 Å². The number of aromatic nitrogens is 2. The van der Waals surface area contributed by atoms with Crippen molar-refractivity contribution < 1.29 is 19.4 Å². The van der Waals surface area contributed by atoms with Crippen molar-refractivity contribution in [3.05, 3.63) is 130 Å². The number of carbonyl (C=O) groups excluding carboxylic acids is 1. The molecule has 0 bridgehead atoms. The Morgan fingerprint density at radius 3 is 2.37 bits per heavy atom. The van der Waals surface area contributed by atoms with E-state index in [2.05, 4.69) is 57.8 Å². The number of carbonyl (C=O) groups is 1. The van der Waals surface area contributed by atoms with Gasteiger partial charge in [-0.3, -0.25) is 4.57 Å². The molecule has 2 saturated heterocycles. The quantitative estimate of drug-likeness (QED) is 0.134. The number of rotatable bonds is 10. The van der Waals surface area contributed by atoms with Crippen LogP contribution in [0.25, 0.3) is 22.2 Å². The normalized spacial score (nSPS) is 21.5. The van der Waals surface area contributed by atoms with Gasteiger partial charge < -0.3 is 35.1 Å². The molecule has 0 aliphatic carbocycles.